The topological polar surface area (TPSA) is 59.3 Å². The molecule has 0 aliphatic heterocycles. The first-order valence-corrected chi connectivity index (χ1v) is 8.90. The highest BCUT2D eigenvalue weighted by Gasteiger charge is 2.11. The van der Waals surface area contributed by atoms with Gasteiger partial charge in [-0.3, -0.25) is 4.79 Å². The molecule has 7 heteroatoms. The zero-order valence-electron chi connectivity index (χ0n) is 13.9. The third-order valence-corrected chi connectivity index (χ3v) is 4.66. The number of fused-ring (bicyclic) bond motifs is 1. The van der Waals surface area contributed by atoms with Crippen molar-refractivity contribution in [2.45, 2.75) is 13.3 Å². The Morgan fingerprint density at radius 1 is 1.23 bits per heavy atom. The SMILES string of the molecule is Cc1ccn2cc(CC(=O)Nc3nc(-c4ccc(F)cc4)cs3)nc2c1. The van der Waals surface area contributed by atoms with Crippen molar-refractivity contribution in [1.29, 1.82) is 0 Å². The van der Waals surface area contributed by atoms with E-state index in [1.807, 2.05) is 41.2 Å². The van der Waals surface area contributed by atoms with Gasteiger partial charge >= 0.3 is 0 Å². The van der Waals surface area contributed by atoms with Gasteiger partial charge in [0.05, 0.1) is 17.8 Å². The molecule has 0 unspecified atom stereocenters. The van der Waals surface area contributed by atoms with Gasteiger partial charge in [-0.25, -0.2) is 14.4 Å². The van der Waals surface area contributed by atoms with E-state index < -0.39 is 0 Å². The fourth-order valence-electron chi connectivity index (χ4n) is 2.63. The molecule has 1 aromatic carbocycles. The highest BCUT2D eigenvalue weighted by Crippen LogP contribution is 2.25. The smallest absolute Gasteiger partial charge is 0.232 e. The monoisotopic (exact) mass is 366 g/mol. The highest BCUT2D eigenvalue weighted by molar-refractivity contribution is 7.14. The van der Waals surface area contributed by atoms with Gasteiger partial charge in [0.25, 0.3) is 0 Å². The lowest BCUT2D eigenvalue weighted by atomic mass is 10.2. The summed E-state index contributed by atoms with van der Waals surface area (Å²) in [5.74, 6) is -0.467. The Morgan fingerprint density at radius 3 is 2.85 bits per heavy atom. The summed E-state index contributed by atoms with van der Waals surface area (Å²) >= 11 is 1.33. The van der Waals surface area contributed by atoms with Crippen LogP contribution in [-0.2, 0) is 11.2 Å². The van der Waals surface area contributed by atoms with Crippen molar-refractivity contribution in [3.8, 4) is 11.3 Å². The molecule has 130 valence electrons. The minimum atomic E-state index is -0.292. The number of carbonyl (C=O) groups is 1. The Balaban J connectivity index is 1.45. The molecule has 0 saturated carbocycles. The summed E-state index contributed by atoms with van der Waals surface area (Å²) in [7, 11) is 0. The van der Waals surface area contributed by atoms with Crippen molar-refractivity contribution in [3.05, 3.63) is 71.2 Å². The van der Waals surface area contributed by atoms with E-state index in [2.05, 4.69) is 15.3 Å². The van der Waals surface area contributed by atoms with Gasteiger partial charge in [0.1, 0.15) is 11.5 Å². The minimum absolute atomic E-state index is 0.173. The predicted octanol–water partition coefficient (Wildman–Crippen LogP) is 4.09. The van der Waals surface area contributed by atoms with Crippen LogP contribution in [-0.4, -0.2) is 20.3 Å². The van der Waals surface area contributed by atoms with E-state index in [1.54, 1.807) is 12.1 Å². The van der Waals surface area contributed by atoms with Gasteiger partial charge in [0.15, 0.2) is 5.13 Å². The molecule has 3 aromatic heterocycles. The minimum Gasteiger partial charge on any atom is -0.307 e. The van der Waals surface area contributed by atoms with Gasteiger partial charge in [0.2, 0.25) is 5.91 Å². The number of aromatic nitrogens is 3. The average Bonchev–Trinajstić information content (AvgIpc) is 3.21. The van der Waals surface area contributed by atoms with Crippen LogP contribution >= 0.6 is 11.3 Å². The van der Waals surface area contributed by atoms with Crippen LogP contribution in [0.4, 0.5) is 9.52 Å². The van der Waals surface area contributed by atoms with Crippen LogP contribution in [0.15, 0.2) is 54.2 Å². The van der Waals surface area contributed by atoms with Crippen LogP contribution in [0.2, 0.25) is 0 Å². The summed E-state index contributed by atoms with van der Waals surface area (Å²) in [6, 6.07) is 10.1. The summed E-state index contributed by atoms with van der Waals surface area (Å²) < 4.78 is 14.9. The lowest BCUT2D eigenvalue weighted by Crippen LogP contribution is -2.14. The van der Waals surface area contributed by atoms with E-state index in [1.165, 1.54) is 23.5 Å². The zero-order valence-corrected chi connectivity index (χ0v) is 14.8. The normalized spacial score (nSPS) is 11.0. The fraction of sp³-hybridized carbons (Fsp3) is 0.105. The number of anilines is 1. The quantitative estimate of drug-likeness (QED) is 0.592. The summed E-state index contributed by atoms with van der Waals surface area (Å²) in [6.45, 7) is 2.00. The number of nitrogens with one attached hydrogen (secondary N) is 1. The van der Waals surface area contributed by atoms with Crippen LogP contribution in [0.1, 0.15) is 11.3 Å². The first-order valence-electron chi connectivity index (χ1n) is 8.02. The van der Waals surface area contributed by atoms with Gasteiger partial charge in [-0.1, -0.05) is 0 Å². The van der Waals surface area contributed by atoms with Crippen molar-refractivity contribution in [2.24, 2.45) is 0 Å². The zero-order chi connectivity index (χ0) is 18.1. The largest absolute Gasteiger partial charge is 0.307 e. The first-order chi connectivity index (χ1) is 12.6. The summed E-state index contributed by atoms with van der Waals surface area (Å²) in [5.41, 5.74) is 4.15. The number of aryl methyl sites for hydroxylation is 1. The second-order valence-corrected chi connectivity index (χ2v) is 6.83. The lowest BCUT2D eigenvalue weighted by Gasteiger charge is -1.99. The number of carbonyl (C=O) groups excluding carboxylic acids is 1. The third-order valence-electron chi connectivity index (χ3n) is 3.90. The number of hydrogen-bond donors (Lipinski definition) is 1. The molecule has 0 bridgehead atoms. The molecular weight excluding hydrogens is 351 g/mol. The molecule has 0 atom stereocenters. The maximum Gasteiger partial charge on any atom is 0.232 e. The number of thiazole rings is 1. The van der Waals surface area contributed by atoms with Crippen molar-refractivity contribution in [2.75, 3.05) is 5.32 Å². The molecule has 0 fully saturated rings. The van der Waals surface area contributed by atoms with E-state index in [0.717, 1.165) is 16.8 Å². The highest BCUT2D eigenvalue weighted by atomic mass is 32.1. The number of rotatable bonds is 4. The summed E-state index contributed by atoms with van der Waals surface area (Å²) in [5, 5.41) is 5.13. The molecular formula is C19H15FN4OS. The number of imidazole rings is 1. The number of nitrogens with zero attached hydrogens (tertiary/aromatic N) is 3. The molecule has 4 aromatic rings. The number of benzene rings is 1. The lowest BCUT2D eigenvalue weighted by molar-refractivity contribution is -0.115. The number of amides is 1. The van der Waals surface area contributed by atoms with Crippen molar-refractivity contribution in [3.63, 3.8) is 0 Å². The number of hydrogen-bond acceptors (Lipinski definition) is 4. The van der Waals surface area contributed by atoms with Gasteiger partial charge in [-0.2, -0.15) is 0 Å². The van der Waals surface area contributed by atoms with Gasteiger partial charge < -0.3 is 9.72 Å². The van der Waals surface area contributed by atoms with Gasteiger partial charge in [-0.05, 0) is 48.9 Å². The standard InChI is InChI=1S/C19H15FN4OS/c1-12-6-7-24-10-15(21-17(24)8-12)9-18(25)23-19-22-16(11-26-19)13-2-4-14(20)5-3-13/h2-8,10-11H,9H2,1H3,(H,22,23,25). The molecule has 0 spiro atoms. The molecule has 0 aliphatic carbocycles. The van der Waals surface area contributed by atoms with Crippen LogP contribution in [0.5, 0.6) is 0 Å². The second kappa shape index (κ2) is 6.68. The van der Waals surface area contributed by atoms with Crippen LogP contribution in [0.25, 0.3) is 16.9 Å². The molecule has 26 heavy (non-hydrogen) atoms. The molecule has 3 heterocycles. The van der Waals surface area contributed by atoms with Gasteiger partial charge in [0, 0.05) is 23.3 Å². The fourth-order valence-corrected chi connectivity index (χ4v) is 3.37. The van der Waals surface area contributed by atoms with Crippen molar-refractivity contribution >= 4 is 28.0 Å². The predicted molar refractivity (Wildman–Crippen MR) is 99.8 cm³/mol. The third kappa shape index (κ3) is 3.48. The number of halogens is 1. The first kappa shape index (κ1) is 16.4. The Bertz CT molecular complexity index is 1080. The van der Waals surface area contributed by atoms with Gasteiger partial charge in [-0.15, -0.1) is 11.3 Å². The van der Waals surface area contributed by atoms with E-state index in [4.69, 9.17) is 0 Å². The Morgan fingerprint density at radius 2 is 2.04 bits per heavy atom. The maximum atomic E-state index is 13.0. The molecule has 0 aliphatic rings. The average molecular weight is 366 g/mol. The van der Waals surface area contributed by atoms with Crippen molar-refractivity contribution in [1.82, 2.24) is 14.4 Å². The Kier molecular flexibility index (Phi) is 4.22. The molecule has 0 saturated heterocycles. The van der Waals surface area contributed by atoms with Crippen LogP contribution in [0, 0.1) is 12.7 Å². The molecule has 1 amide bonds. The molecule has 0 radical (unpaired) electrons. The molecule has 4 rings (SSSR count). The van der Waals surface area contributed by atoms with Crippen LogP contribution in [0.3, 0.4) is 0 Å². The molecule has 5 nitrogen and oxygen atoms in total. The van der Waals surface area contributed by atoms with E-state index in [-0.39, 0.29) is 18.1 Å². The summed E-state index contributed by atoms with van der Waals surface area (Å²) in [6.07, 6.45) is 3.95. The van der Waals surface area contributed by atoms with E-state index in [0.29, 0.717) is 16.5 Å². The summed E-state index contributed by atoms with van der Waals surface area (Å²) in [4.78, 5) is 21.1. The number of pyridine rings is 1. The Labute approximate surface area is 153 Å². The maximum absolute atomic E-state index is 13.0. The van der Waals surface area contributed by atoms with Crippen LogP contribution < -0.4 is 5.32 Å². The Hall–Kier alpha value is -3.06. The van der Waals surface area contributed by atoms with E-state index in [9.17, 15) is 9.18 Å². The second-order valence-electron chi connectivity index (χ2n) is 5.97. The van der Waals surface area contributed by atoms with Crippen molar-refractivity contribution < 1.29 is 9.18 Å². The molecule has 1 N–H and O–H groups in total. The van der Waals surface area contributed by atoms with E-state index >= 15 is 0 Å².